The molecule has 2 heteroatoms. The molecule has 0 saturated carbocycles. The number of benzene rings is 6. The summed E-state index contributed by atoms with van der Waals surface area (Å²) in [6, 6.07) is 65.7. The zero-order valence-corrected chi connectivity index (χ0v) is 25.2. The van der Waals surface area contributed by atoms with E-state index in [2.05, 4.69) is 194 Å². The Kier molecular flexibility index (Phi) is 9.28. The first-order chi connectivity index (χ1) is 20.9. The van der Waals surface area contributed by atoms with Gasteiger partial charge in [0.1, 0.15) is 0 Å². The molecule has 0 N–H and O–H groups in total. The SMILES string of the molecule is C(=C(\C(=C\P(c1ccccc1)c1ccccc1)c1ccccc1)P(c1ccccc1)c1ccccc1)/c1ccccc1. The van der Waals surface area contributed by atoms with Crippen LogP contribution in [0.5, 0.6) is 0 Å². The van der Waals surface area contributed by atoms with Gasteiger partial charge in [-0.15, -0.1) is 0 Å². The van der Waals surface area contributed by atoms with Crippen molar-refractivity contribution in [1.82, 2.24) is 0 Å². The Morgan fingerprint density at radius 3 is 1.17 bits per heavy atom. The molecule has 0 heterocycles. The van der Waals surface area contributed by atoms with Gasteiger partial charge in [0, 0.05) is 0 Å². The van der Waals surface area contributed by atoms with Crippen molar-refractivity contribution in [3.05, 3.63) is 204 Å². The van der Waals surface area contributed by atoms with Gasteiger partial charge in [0.2, 0.25) is 0 Å². The molecule has 6 aromatic carbocycles. The van der Waals surface area contributed by atoms with Crippen molar-refractivity contribution in [3.63, 3.8) is 0 Å². The average Bonchev–Trinajstić information content (AvgIpc) is 3.08. The Balaban J connectivity index is 1.66. The molecule has 0 saturated heterocycles. The molecule has 202 valence electrons. The monoisotopic (exact) mass is 574 g/mol. The van der Waals surface area contributed by atoms with E-state index in [0.717, 1.165) is 0 Å². The lowest BCUT2D eigenvalue weighted by molar-refractivity contribution is 1.61. The Bertz CT molecular complexity index is 1650. The van der Waals surface area contributed by atoms with Crippen LogP contribution < -0.4 is 21.2 Å². The van der Waals surface area contributed by atoms with Crippen LogP contribution >= 0.6 is 15.8 Å². The third-order valence-corrected chi connectivity index (χ3v) is 11.8. The normalized spacial score (nSPS) is 12.0. The zero-order valence-electron chi connectivity index (χ0n) is 23.4. The van der Waals surface area contributed by atoms with Crippen LogP contribution in [0.3, 0.4) is 0 Å². The Labute approximate surface area is 252 Å². The van der Waals surface area contributed by atoms with Gasteiger partial charge < -0.3 is 0 Å². The number of allylic oxidation sites excluding steroid dienone is 2. The topological polar surface area (TPSA) is 0 Å². The van der Waals surface area contributed by atoms with Crippen molar-refractivity contribution in [3.8, 4) is 0 Å². The van der Waals surface area contributed by atoms with E-state index < -0.39 is 15.8 Å². The molecule has 0 atom stereocenters. The molecule has 0 spiro atoms. The maximum atomic E-state index is 2.56. The van der Waals surface area contributed by atoms with Gasteiger partial charge in [-0.2, -0.15) is 0 Å². The molecule has 0 aliphatic carbocycles. The van der Waals surface area contributed by atoms with Crippen LogP contribution in [0.25, 0.3) is 11.6 Å². The van der Waals surface area contributed by atoms with E-state index in [0.29, 0.717) is 0 Å². The summed E-state index contributed by atoms with van der Waals surface area (Å²) in [7, 11) is -1.64. The quantitative estimate of drug-likeness (QED) is 0.119. The number of hydrogen-bond donors (Lipinski definition) is 0. The van der Waals surface area contributed by atoms with Crippen molar-refractivity contribution in [2.45, 2.75) is 0 Å². The minimum Gasteiger partial charge on any atom is -0.0622 e. The van der Waals surface area contributed by atoms with Crippen LogP contribution in [0, 0.1) is 0 Å². The highest BCUT2D eigenvalue weighted by Crippen LogP contribution is 2.53. The molecule has 42 heavy (non-hydrogen) atoms. The molecule has 0 bridgehead atoms. The molecule has 0 aromatic heterocycles. The van der Waals surface area contributed by atoms with Gasteiger partial charge in [0.15, 0.2) is 0 Å². The highest BCUT2D eigenvalue weighted by atomic mass is 31.1. The van der Waals surface area contributed by atoms with E-state index >= 15 is 0 Å². The zero-order chi connectivity index (χ0) is 28.4. The minimum atomic E-state index is -0.866. The third kappa shape index (κ3) is 6.75. The van der Waals surface area contributed by atoms with Gasteiger partial charge >= 0.3 is 0 Å². The molecule has 0 aliphatic heterocycles. The van der Waals surface area contributed by atoms with Gasteiger partial charge in [-0.05, 0) is 71.0 Å². The molecule has 6 aromatic rings. The van der Waals surface area contributed by atoms with E-state index in [1.807, 2.05) is 0 Å². The number of hydrogen-bond acceptors (Lipinski definition) is 0. The summed E-state index contributed by atoms with van der Waals surface area (Å²) in [4.78, 5) is 0. The van der Waals surface area contributed by atoms with Crippen molar-refractivity contribution in [2.24, 2.45) is 0 Å². The first-order valence-electron chi connectivity index (χ1n) is 14.2. The summed E-state index contributed by atoms with van der Waals surface area (Å²) in [6.45, 7) is 0. The lowest BCUT2D eigenvalue weighted by Crippen LogP contribution is -2.14. The van der Waals surface area contributed by atoms with Crippen molar-refractivity contribution in [2.75, 3.05) is 0 Å². The molecule has 0 fully saturated rings. The Hall–Kier alpha value is -4.34. The maximum Gasteiger partial charge on any atom is -0.00660 e. The lowest BCUT2D eigenvalue weighted by Gasteiger charge is -2.27. The molecule has 0 amide bonds. The Morgan fingerprint density at radius 1 is 0.381 bits per heavy atom. The van der Waals surface area contributed by atoms with Crippen LogP contribution in [0.2, 0.25) is 0 Å². The standard InChI is InChI=1S/C40H32P2/c1-7-19-33(20-8-1)31-40(42(37-27-15-5-16-28-37)38-29-17-6-18-30-38)39(34-21-9-2-10-22-34)32-41(35-23-11-3-12-24-35)36-25-13-4-14-26-36/h1-32H/b39-32+,40-31-. The van der Waals surface area contributed by atoms with E-state index in [-0.39, 0.29) is 0 Å². The molecule has 6 rings (SSSR count). The summed E-state index contributed by atoms with van der Waals surface area (Å²) in [5, 5.41) is 6.71. The van der Waals surface area contributed by atoms with Gasteiger partial charge in [0.25, 0.3) is 0 Å². The fourth-order valence-electron chi connectivity index (χ4n) is 5.06. The highest BCUT2D eigenvalue weighted by molar-refractivity contribution is 7.78. The molecular weight excluding hydrogens is 542 g/mol. The third-order valence-electron chi connectivity index (χ3n) is 7.06. The Morgan fingerprint density at radius 2 is 0.738 bits per heavy atom. The average molecular weight is 575 g/mol. The van der Waals surface area contributed by atoms with Gasteiger partial charge in [-0.1, -0.05) is 182 Å². The summed E-state index contributed by atoms with van der Waals surface area (Å²) in [5.41, 5.74) is 3.73. The number of rotatable bonds is 9. The lowest BCUT2D eigenvalue weighted by atomic mass is 10.1. The second kappa shape index (κ2) is 14.0. The second-order valence-corrected chi connectivity index (χ2v) is 14.1. The van der Waals surface area contributed by atoms with Crippen molar-refractivity contribution < 1.29 is 0 Å². The predicted molar refractivity (Wildman–Crippen MR) is 187 cm³/mol. The highest BCUT2D eigenvalue weighted by Gasteiger charge is 2.24. The molecule has 0 unspecified atom stereocenters. The first kappa shape index (κ1) is 27.8. The fraction of sp³-hybridized carbons (Fsp3) is 0. The van der Waals surface area contributed by atoms with Crippen molar-refractivity contribution in [1.29, 1.82) is 0 Å². The minimum absolute atomic E-state index is 0.776. The summed E-state index contributed by atoms with van der Waals surface area (Å²) >= 11 is 0. The van der Waals surface area contributed by atoms with Crippen LogP contribution in [0.1, 0.15) is 11.1 Å². The van der Waals surface area contributed by atoms with Crippen LogP contribution in [-0.2, 0) is 0 Å². The van der Waals surface area contributed by atoms with Crippen LogP contribution in [0.15, 0.2) is 193 Å². The predicted octanol–water partition coefficient (Wildman–Crippen LogP) is 9.33. The van der Waals surface area contributed by atoms with E-state index in [9.17, 15) is 0 Å². The fourth-order valence-corrected chi connectivity index (χ4v) is 9.80. The van der Waals surface area contributed by atoms with E-state index in [4.69, 9.17) is 0 Å². The molecule has 0 radical (unpaired) electrons. The summed E-state index contributed by atoms with van der Waals surface area (Å²) < 4.78 is 0. The van der Waals surface area contributed by atoms with E-state index in [1.54, 1.807) is 0 Å². The van der Waals surface area contributed by atoms with Crippen LogP contribution in [0.4, 0.5) is 0 Å². The van der Waals surface area contributed by atoms with Gasteiger partial charge in [-0.25, -0.2) is 0 Å². The largest absolute Gasteiger partial charge is 0.0622 e. The summed E-state index contributed by atoms with van der Waals surface area (Å²) in [6.07, 6.45) is 2.42. The van der Waals surface area contributed by atoms with Crippen LogP contribution in [-0.4, -0.2) is 0 Å². The first-order valence-corrected chi connectivity index (χ1v) is 17.0. The van der Waals surface area contributed by atoms with Gasteiger partial charge in [0.05, 0.1) is 0 Å². The smallest absolute Gasteiger partial charge is 0.00660 e. The molecule has 0 aliphatic rings. The van der Waals surface area contributed by atoms with Crippen molar-refractivity contribution >= 4 is 48.7 Å². The van der Waals surface area contributed by atoms with Gasteiger partial charge in [-0.3, -0.25) is 0 Å². The van der Waals surface area contributed by atoms with E-state index in [1.165, 1.54) is 43.2 Å². The maximum absolute atomic E-state index is 2.56. The second-order valence-electron chi connectivity index (χ2n) is 9.90. The summed E-state index contributed by atoms with van der Waals surface area (Å²) in [5.74, 6) is 2.56. The molecule has 0 nitrogen and oxygen atoms in total. The molecular formula is C40H32P2.